The second-order valence-corrected chi connectivity index (χ2v) is 7.11. The Balaban J connectivity index is 1.62. The number of hydrogen-bond donors (Lipinski definition) is 2. The molecular weight excluding hydrogens is 321 g/mol. The molecule has 25 heavy (non-hydrogen) atoms. The summed E-state index contributed by atoms with van der Waals surface area (Å²) in [5.41, 5.74) is 0.350. The first-order chi connectivity index (χ1) is 12.0. The maximum absolute atomic E-state index is 14.0. The van der Waals surface area contributed by atoms with Crippen molar-refractivity contribution in [2.24, 2.45) is 0 Å². The van der Waals surface area contributed by atoms with E-state index in [1.807, 2.05) is 13.8 Å². The van der Waals surface area contributed by atoms with E-state index in [1.54, 1.807) is 29.1 Å². The standard InChI is InChI=1S/C18H24FN5O/c1-18(2,14-5-3-4-6-15(14)19)12-21-17(25)16-11-24(23-22-16)13-7-9-20-10-8-13/h3-6,11,13,20H,7-10,12H2,1-2H3,(H,21,25). The summed E-state index contributed by atoms with van der Waals surface area (Å²) >= 11 is 0. The number of carbonyl (C=O) groups is 1. The van der Waals surface area contributed by atoms with E-state index in [-0.39, 0.29) is 17.8 Å². The van der Waals surface area contributed by atoms with Gasteiger partial charge in [0.1, 0.15) is 5.82 Å². The maximum Gasteiger partial charge on any atom is 0.273 e. The Hall–Kier alpha value is -2.28. The molecule has 0 saturated carbocycles. The van der Waals surface area contributed by atoms with Crippen molar-refractivity contribution >= 4 is 5.91 Å². The first-order valence-corrected chi connectivity index (χ1v) is 8.63. The van der Waals surface area contributed by atoms with Crippen LogP contribution in [0.15, 0.2) is 30.5 Å². The maximum atomic E-state index is 14.0. The van der Waals surface area contributed by atoms with Crippen LogP contribution in [0.5, 0.6) is 0 Å². The summed E-state index contributed by atoms with van der Waals surface area (Å²) in [6, 6.07) is 6.92. The molecule has 0 bridgehead atoms. The van der Waals surface area contributed by atoms with Gasteiger partial charge in [-0.15, -0.1) is 5.10 Å². The summed E-state index contributed by atoms with van der Waals surface area (Å²) in [5, 5.41) is 14.2. The third-order valence-electron chi connectivity index (χ3n) is 4.72. The zero-order chi connectivity index (χ0) is 17.9. The molecule has 2 N–H and O–H groups in total. The number of rotatable bonds is 5. The molecule has 1 aromatic heterocycles. The van der Waals surface area contributed by atoms with Gasteiger partial charge in [0.15, 0.2) is 5.69 Å². The van der Waals surface area contributed by atoms with Gasteiger partial charge in [-0.1, -0.05) is 37.3 Å². The van der Waals surface area contributed by atoms with E-state index >= 15 is 0 Å². The number of carbonyl (C=O) groups excluding carboxylic acids is 1. The monoisotopic (exact) mass is 345 g/mol. The first kappa shape index (κ1) is 17.5. The second kappa shape index (κ2) is 7.31. The lowest BCUT2D eigenvalue weighted by Crippen LogP contribution is -2.37. The molecule has 0 atom stereocenters. The van der Waals surface area contributed by atoms with Crippen LogP contribution >= 0.6 is 0 Å². The summed E-state index contributed by atoms with van der Waals surface area (Å²) in [6.07, 6.45) is 3.65. The van der Waals surface area contributed by atoms with Crippen LogP contribution in [-0.2, 0) is 5.41 Å². The molecule has 1 aliphatic heterocycles. The summed E-state index contributed by atoms with van der Waals surface area (Å²) in [4.78, 5) is 12.4. The molecule has 0 radical (unpaired) electrons. The lowest BCUT2D eigenvalue weighted by molar-refractivity contribution is 0.0940. The van der Waals surface area contributed by atoms with E-state index in [0.717, 1.165) is 25.9 Å². The predicted octanol–water partition coefficient (Wildman–Crippen LogP) is 2.05. The van der Waals surface area contributed by atoms with E-state index in [4.69, 9.17) is 0 Å². The molecule has 0 unspecified atom stereocenters. The minimum absolute atomic E-state index is 0.265. The average Bonchev–Trinajstić information content (AvgIpc) is 3.11. The first-order valence-electron chi connectivity index (χ1n) is 8.63. The molecular formula is C18H24FN5O. The number of piperidine rings is 1. The van der Waals surface area contributed by atoms with Crippen molar-refractivity contribution in [2.45, 2.75) is 38.1 Å². The van der Waals surface area contributed by atoms with E-state index in [2.05, 4.69) is 20.9 Å². The van der Waals surface area contributed by atoms with Gasteiger partial charge in [0.05, 0.1) is 12.2 Å². The number of benzene rings is 1. The smallest absolute Gasteiger partial charge is 0.273 e. The molecule has 1 amide bonds. The molecule has 2 heterocycles. The minimum atomic E-state index is -0.522. The van der Waals surface area contributed by atoms with E-state index in [0.29, 0.717) is 17.8 Å². The summed E-state index contributed by atoms with van der Waals surface area (Å²) in [6.45, 7) is 6.01. The van der Waals surface area contributed by atoms with Crippen molar-refractivity contribution in [3.05, 3.63) is 47.5 Å². The fraction of sp³-hybridized carbons (Fsp3) is 0.500. The molecule has 134 valence electrons. The van der Waals surface area contributed by atoms with Crippen LogP contribution in [0, 0.1) is 5.82 Å². The topological polar surface area (TPSA) is 71.8 Å². The highest BCUT2D eigenvalue weighted by Gasteiger charge is 2.25. The Kier molecular flexibility index (Phi) is 5.13. The normalized spacial score (nSPS) is 16.0. The molecule has 1 aromatic carbocycles. The van der Waals surface area contributed by atoms with Gasteiger partial charge in [-0.3, -0.25) is 4.79 Å². The number of hydrogen-bond acceptors (Lipinski definition) is 4. The molecule has 6 nitrogen and oxygen atoms in total. The van der Waals surface area contributed by atoms with Gasteiger partial charge in [0.25, 0.3) is 5.91 Å². The fourth-order valence-electron chi connectivity index (χ4n) is 3.13. The van der Waals surface area contributed by atoms with Crippen LogP contribution in [0.4, 0.5) is 4.39 Å². The van der Waals surface area contributed by atoms with Gasteiger partial charge in [0, 0.05) is 12.0 Å². The van der Waals surface area contributed by atoms with E-state index in [9.17, 15) is 9.18 Å². The molecule has 7 heteroatoms. The molecule has 1 saturated heterocycles. The van der Waals surface area contributed by atoms with Gasteiger partial charge >= 0.3 is 0 Å². The SMILES string of the molecule is CC(C)(CNC(=O)c1cn(C2CCNCC2)nn1)c1ccccc1F. The quantitative estimate of drug-likeness (QED) is 0.870. The van der Waals surface area contributed by atoms with Crippen LogP contribution in [0.2, 0.25) is 0 Å². The van der Waals surface area contributed by atoms with Crippen molar-refractivity contribution in [3.63, 3.8) is 0 Å². The highest BCUT2D eigenvalue weighted by molar-refractivity contribution is 5.91. The van der Waals surface area contributed by atoms with E-state index in [1.165, 1.54) is 6.07 Å². The average molecular weight is 345 g/mol. The Morgan fingerprint density at radius 1 is 1.36 bits per heavy atom. The summed E-state index contributed by atoms with van der Waals surface area (Å²) in [5.74, 6) is -0.553. The second-order valence-electron chi connectivity index (χ2n) is 7.11. The Bertz CT molecular complexity index is 737. The van der Waals surface area contributed by atoms with Crippen LogP contribution in [-0.4, -0.2) is 40.5 Å². The van der Waals surface area contributed by atoms with Crippen molar-refractivity contribution < 1.29 is 9.18 Å². The predicted molar refractivity (Wildman–Crippen MR) is 92.9 cm³/mol. The molecule has 3 rings (SSSR count). The molecule has 1 fully saturated rings. The molecule has 0 spiro atoms. The van der Waals surface area contributed by atoms with E-state index < -0.39 is 5.41 Å². The van der Waals surface area contributed by atoms with Gasteiger partial charge in [-0.05, 0) is 37.6 Å². The highest BCUT2D eigenvalue weighted by Crippen LogP contribution is 2.25. The molecule has 2 aromatic rings. The number of halogens is 1. The number of nitrogens with zero attached hydrogens (tertiary/aromatic N) is 3. The zero-order valence-corrected chi connectivity index (χ0v) is 14.6. The Labute approximate surface area is 146 Å². The number of aromatic nitrogens is 3. The van der Waals surface area contributed by atoms with Crippen molar-refractivity contribution in [1.29, 1.82) is 0 Å². The van der Waals surface area contributed by atoms with Crippen LogP contribution < -0.4 is 10.6 Å². The van der Waals surface area contributed by atoms with Crippen molar-refractivity contribution in [3.8, 4) is 0 Å². The van der Waals surface area contributed by atoms with Crippen LogP contribution in [0.1, 0.15) is 48.8 Å². The Morgan fingerprint density at radius 2 is 2.08 bits per heavy atom. The lowest BCUT2D eigenvalue weighted by atomic mass is 9.84. The molecule has 1 aliphatic rings. The summed E-state index contributed by atoms with van der Waals surface area (Å²) in [7, 11) is 0. The van der Waals surface area contributed by atoms with Crippen LogP contribution in [0.3, 0.4) is 0 Å². The van der Waals surface area contributed by atoms with Crippen molar-refractivity contribution in [1.82, 2.24) is 25.6 Å². The van der Waals surface area contributed by atoms with Gasteiger partial charge in [0.2, 0.25) is 0 Å². The largest absolute Gasteiger partial charge is 0.350 e. The van der Waals surface area contributed by atoms with Gasteiger partial charge in [-0.25, -0.2) is 9.07 Å². The third kappa shape index (κ3) is 4.04. The van der Waals surface area contributed by atoms with Crippen LogP contribution in [0.25, 0.3) is 0 Å². The highest BCUT2D eigenvalue weighted by atomic mass is 19.1. The lowest BCUT2D eigenvalue weighted by Gasteiger charge is -2.25. The third-order valence-corrected chi connectivity index (χ3v) is 4.72. The van der Waals surface area contributed by atoms with Gasteiger partial charge < -0.3 is 10.6 Å². The number of amides is 1. The minimum Gasteiger partial charge on any atom is -0.350 e. The number of nitrogens with one attached hydrogen (secondary N) is 2. The Morgan fingerprint density at radius 3 is 2.80 bits per heavy atom. The van der Waals surface area contributed by atoms with Crippen molar-refractivity contribution in [2.75, 3.05) is 19.6 Å². The summed E-state index contributed by atoms with van der Waals surface area (Å²) < 4.78 is 15.8. The fourth-order valence-corrected chi connectivity index (χ4v) is 3.13. The van der Waals surface area contributed by atoms with Gasteiger partial charge in [-0.2, -0.15) is 0 Å². The zero-order valence-electron chi connectivity index (χ0n) is 14.6. The molecule has 0 aliphatic carbocycles.